The molecule has 1 N–H and O–H groups in total. The second-order valence-corrected chi connectivity index (χ2v) is 9.53. The predicted molar refractivity (Wildman–Crippen MR) is 137 cm³/mol. The fraction of sp³-hybridized carbons (Fsp3) is 0.300. The third-order valence-electron chi connectivity index (χ3n) is 7.05. The van der Waals surface area contributed by atoms with Crippen LogP contribution in [0.2, 0.25) is 0 Å². The van der Waals surface area contributed by atoms with Gasteiger partial charge in [-0.1, -0.05) is 55.1 Å². The van der Waals surface area contributed by atoms with E-state index in [9.17, 15) is 13.6 Å². The summed E-state index contributed by atoms with van der Waals surface area (Å²) in [6.07, 6.45) is 2.82. The molecule has 0 aromatic heterocycles. The van der Waals surface area contributed by atoms with E-state index in [1.807, 2.05) is 30.3 Å². The highest BCUT2D eigenvalue weighted by Crippen LogP contribution is 2.38. The molecule has 3 aromatic rings. The number of hydrogen-bond acceptors (Lipinski definition) is 4. The Morgan fingerprint density at radius 2 is 1.76 bits per heavy atom. The number of benzene rings is 3. The van der Waals surface area contributed by atoms with Crippen LogP contribution in [0.15, 0.2) is 85.5 Å². The molecular formula is C30H30F2N2O3. The summed E-state index contributed by atoms with van der Waals surface area (Å²) in [6.45, 7) is 4.96. The van der Waals surface area contributed by atoms with Gasteiger partial charge in [-0.3, -0.25) is 4.90 Å². The summed E-state index contributed by atoms with van der Waals surface area (Å²) < 4.78 is 39.1. The van der Waals surface area contributed by atoms with E-state index in [-0.39, 0.29) is 18.5 Å². The Morgan fingerprint density at radius 3 is 2.46 bits per heavy atom. The van der Waals surface area contributed by atoms with Crippen LogP contribution in [0.5, 0.6) is 5.75 Å². The van der Waals surface area contributed by atoms with Crippen LogP contribution in [0, 0.1) is 11.6 Å². The summed E-state index contributed by atoms with van der Waals surface area (Å²) >= 11 is 0. The second-order valence-electron chi connectivity index (χ2n) is 9.53. The molecule has 2 aliphatic rings. The number of cyclic esters (lactones) is 1. The van der Waals surface area contributed by atoms with Crippen molar-refractivity contribution in [1.82, 2.24) is 10.2 Å². The number of nitrogens with zero attached hydrogens (tertiary/aromatic N) is 1. The molecule has 0 spiro atoms. The molecule has 2 saturated heterocycles. The Morgan fingerprint density at radius 1 is 1.05 bits per heavy atom. The van der Waals surface area contributed by atoms with Crippen LogP contribution in [-0.4, -0.2) is 42.3 Å². The minimum atomic E-state index is -0.635. The predicted octanol–water partition coefficient (Wildman–Crippen LogP) is 5.80. The zero-order valence-electron chi connectivity index (χ0n) is 20.5. The van der Waals surface area contributed by atoms with E-state index in [2.05, 4.69) is 41.1 Å². The molecule has 37 heavy (non-hydrogen) atoms. The minimum Gasteiger partial charge on any atom is -0.490 e. The summed E-state index contributed by atoms with van der Waals surface area (Å²) in [5.74, 6) is -0.502. The maximum atomic E-state index is 13.8. The van der Waals surface area contributed by atoms with E-state index in [4.69, 9.17) is 9.47 Å². The van der Waals surface area contributed by atoms with Gasteiger partial charge in [0.15, 0.2) is 0 Å². The quantitative estimate of drug-likeness (QED) is 0.374. The number of hydrogen-bond donors (Lipinski definition) is 1. The van der Waals surface area contributed by atoms with Crippen LogP contribution in [0.25, 0.3) is 0 Å². The van der Waals surface area contributed by atoms with Gasteiger partial charge in [0.1, 0.15) is 30.1 Å². The van der Waals surface area contributed by atoms with Crippen molar-refractivity contribution in [1.29, 1.82) is 0 Å². The lowest BCUT2D eigenvalue weighted by atomic mass is 9.92. The summed E-state index contributed by atoms with van der Waals surface area (Å²) in [6, 6.07) is 21.2. The molecule has 0 aliphatic carbocycles. The van der Waals surface area contributed by atoms with Crippen LogP contribution in [-0.2, 0) is 11.2 Å². The van der Waals surface area contributed by atoms with E-state index in [1.165, 1.54) is 12.1 Å². The van der Waals surface area contributed by atoms with Gasteiger partial charge in [-0.2, -0.15) is 0 Å². The molecule has 7 heteroatoms. The Hall–Kier alpha value is -3.71. The fourth-order valence-electron chi connectivity index (χ4n) is 5.57. The standard InChI is InChI=1S/C30H30F2N2O3/c1-2-15-36-25-12-10-22(11-13-25)28(21-7-4-3-5-8-21)34-14-6-9-27(34)29-26(33-30(35)37-29)18-20-16-23(31)19-24(32)17-20/h2-5,7-8,10-13,16-17,19,26-29H,1,6,9,14-15,18H2,(H,33,35)/t26-,27?,28?,29-/m0/s1. The lowest BCUT2D eigenvalue weighted by Gasteiger charge is -2.37. The Bertz CT molecular complexity index is 1220. The molecule has 192 valence electrons. The zero-order valence-corrected chi connectivity index (χ0v) is 20.5. The van der Waals surface area contributed by atoms with E-state index >= 15 is 0 Å². The molecule has 4 atom stereocenters. The summed E-state index contributed by atoms with van der Waals surface area (Å²) in [5.41, 5.74) is 2.72. The number of carbonyl (C=O) groups excluding carboxylic acids is 1. The largest absolute Gasteiger partial charge is 0.490 e. The van der Waals surface area contributed by atoms with Gasteiger partial charge in [-0.15, -0.1) is 0 Å². The van der Waals surface area contributed by atoms with E-state index < -0.39 is 29.9 Å². The smallest absolute Gasteiger partial charge is 0.407 e. The molecule has 2 heterocycles. The Kier molecular flexibility index (Phi) is 7.51. The maximum absolute atomic E-state index is 13.8. The Labute approximate surface area is 215 Å². The van der Waals surface area contributed by atoms with Crippen molar-refractivity contribution in [3.63, 3.8) is 0 Å². The number of likely N-dealkylation sites (tertiary alicyclic amines) is 1. The van der Waals surface area contributed by atoms with Crippen molar-refractivity contribution in [3.8, 4) is 5.75 Å². The lowest BCUT2D eigenvalue weighted by Crippen LogP contribution is -2.48. The van der Waals surface area contributed by atoms with Gasteiger partial charge in [0.2, 0.25) is 0 Å². The first-order valence-corrected chi connectivity index (χ1v) is 12.6. The zero-order chi connectivity index (χ0) is 25.8. The number of nitrogens with one attached hydrogen (secondary N) is 1. The van der Waals surface area contributed by atoms with Crippen LogP contribution < -0.4 is 10.1 Å². The molecule has 2 fully saturated rings. The molecule has 3 aromatic carbocycles. The number of amides is 1. The lowest BCUT2D eigenvalue weighted by molar-refractivity contribution is 0.0530. The molecule has 0 radical (unpaired) electrons. The second kappa shape index (κ2) is 11.1. The van der Waals surface area contributed by atoms with Gasteiger partial charge in [-0.25, -0.2) is 13.6 Å². The average Bonchev–Trinajstić information content (AvgIpc) is 3.50. The minimum absolute atomic E-state index is 0.0614. The molecule has 0 bridgehead atoms. The van der Waals surface area contributed by atoms with Crippen molar-refractivity contribution in [2.45, 2.75) is 43.5 Å². The topological polar surface area (TPSA) is 50.8 Å². The van der Waals surface area contributed by atoms with Crippen LogP contribution in [0.3, 0.4) is 0 Å². The highest BCUT2D eigenvalue weighted by atomic mass is 19.1. The average molecular weight is 505 g/mol. The number of alkyl carbamates (subject to hydrolysis) is 1. The number of carbonyl (C=O) groups is 1. The number of ether oxygens (including phenoxy) is 2. The first kappa shape index (κ1) is 25.0. The number of halogens is 2. The summed E-state index contributed by atoms with van der Waals surface area (Å²) in [4.78, 5) is 14.8. The Balaban J connectivity index is 1.44. The van der Waals surface area contributed by atoms with Crippen molar-refractivity contribution >= 4 is 6.09 Å². The van der Waals surface area contributed by atoms with E-state index in [1.54, 1.807) is 6.08 Å². The molecule has 5 rings (SSSR count). The normalized spacial score (nSPS) is 22.3. The molecule has 1 amide bonds. The van der Waals surface area contributed by atoms with Crippen LogP contribution in [0.1, 0.15) is 35.6 Å². The monoisotopic (exact) mass is 504 g/mol. The SMILES string of the molecule is C=CCOc1ccc(C(c2ccccc2)N2CCCC2[C@H]2OC(=O)N[C@H]2Cc2cc(F)cc(F)c2)cc1. The van der Waals surface area contributed by atoms with Crippen molar-refractivity contribution < 1.29 is 23.0 Å². The summed E-state index contributed by atoms with van der Waals surface area (Å²) in [7, 11) is 0. The van der Waals surface area contributed by atoms with Crippen molar-refractivity contribution in [2.24, 2.45) is 0 Å². The fourth-order valence-corrected chi connectivity index (χ4v) is 5.57. The third-order valence-corrected chi connectivity index (χ3v) is 7.05. The third kappa shape index (κ3) is 5.67. The molecule has 2 unspecified atom stereocenters. The van der Waals surface area contributed by atoms with Crippen LogP contribution >= 0.6 is 0 Å². The molecule has 0 saturated carbocycles. The van der Waals surface area contributed by atoms with E-state index in [0.29, 0.717) is 12.2 Å². The first-order valence-electron chi connectivity index (χ1n) is 12.6. The van der Waals surface area contributed by atoms with Crippen molar-refractivity contribution in [3.05, 3.63) is 114 Å². The molecule has 2 aliphatic heterocycles. The number of rotatable bonds is 9. The van der Waals surface area contributed by atoms with E-state index in [0.717, 1.165) is 42.3 Å². The summed E-state index contributed by atoms with van der Waals surface area (Å²) in [5, 5.41) is 2.88. The first-order chi connectivity index (χ1) is 18.0. The highest BCUT2D eigenvalue weighted by molar-refractivity contribution is 5.70. The van der Waals surface area contributed by atoms with Gasteiger partial charge in [0, 0.05) is 12.1 Å². The maximum Gasteiger partial charge on any atom is 0.407 e. The van der Waals surface area contributed by atoms with Gasteiger partial charge in [0.25, 0.3) is 0 Å². The molecule has 5 nitrogen and oxygen atoms in total. The highest BCUT2D eigenvalue weighted by Gasteiger charge is 2.46. The molecular weight excluding hydrogens is 474 g/mol. The van der Waals surface area contributed by atoms with Gasteiger partial charge in [-0.05, 0) is 66.8 Å². The van der Waals surface area contributed by atoms with Gasteiger partial charge >= 0.3 is 6.09 Å². The van der Waals surface area contributed by atoms with Gasteiger partial charge < -0.3 is 14.8 Å². The van der Waals surface area contributed by atoms with Crippen molar-refractivity contribution in [2.75, 3.05) is 13.2 Å². The van der Waals surface area contributed by atoms with Crippen LogP contribution in [0.4, 0.5) is 13.6 Å². The van der Waals surface area contributed by atoms with Gasteiger partial charge in [0.05, 0.1) is 12.1 Å².